The van der Waals surface area contributed by atoms with Crippen LogP contribution in [0.25, 0.3) is 21.9 Å². The first-order valence-corrected chi connectivity index (χ1v) is 9.85. The number of amides is 2. The minimum absolute atomic E-state index is 0.00124. The Morgan fingerprint density at radius 1 is 0.897 bits per heavy atom. The smallest absolute Gasteiger partial charge is 0.253 e. The lowest BCUT2D eigenvalue weighted by molar-refractivity contribution is -0.603. The normalized spacial score (nSPS) is 14.2. The molecule has 0 bridgehead atoms. The highest BCUT2D eigenvalue weighted by molar-refractivity contribution is 5.95. The minimum atomic E-state index is -0.00124. The lowest BCUT2D eigenvalue weighted by atomic mass is 10.0. The molecule has 6 heteroatoms. The summed E-state index contributed by atoms with van der Waals surface area (Å²) in [7, 11) is 0. The average Bonchev–Trinajstić information content (AvgIpc) is 2.78. The second-order valence-corrected chi connectivity index (χ2v) is 7.25. The molecule has 0 atom stereocenters. The highest BCUT2D eigenvalue weighted by atomic mass is 16.5. The van der Waals surface area contributed by atoms with E-state index in [-0.39, 0.29) is 11.8 Å². The van der Waals surface area contributed by atoms with Gasteiger partial charge >= 0.3 is 0 Å². The maximum Gasteiger partial charge on any atom is 0.253 e. The fourth-order valence-electron chi connectivity index (χ4n) is 3.72. The van der Waals surface area contributed by atoms with Crippen LogP contribution < -0.4 is 4.73 Å². The summed E-state index contributed by atoms with van der Waals surface area (Å²) < 4.78 is 0.792. The number of aromatic nitrogens is 1. The van der Waals surface area contributed by atoms with Crippen LogP contribution in [0.5, 0.6) is 0 Å². The molecule has 29 heavy (non-hydrogen) atoms. The number of benzene rings is 2. The molecule has 0 spiro atoms. The molecule has 0 radical (unpaired) electrons. The fraction of sp³-hybridized carbons (Fsp3) is 0.261. The molecule has 2 heterocycles. The van der Waals surface area contributed by atoms with Crippen LogP contribution in [0.2, 0.25) is 0 Å². The van der Waals surface area contributed by atoms with Gasteiger partial charge in [-0.2, -0.15) is 4.73 Å². The largest absolute Gasteiger partial charge is 0.619 e. The van der Waals surface area contributed by atoms with Crippen molar-refractivity contribution in [1.29, 1.82) is 0 Å². The zero-order chi connectivity index (χ0) is 20.4. The number of fused-ring (bicyclic) bond motifs is 1. The van der Waals surface area contributed by atoms with Crippen molar-refractivity contribution in [3.63, 3.8) is 0 Å². The molecule has 1 fully saturated rings. The van der Waals surface area contributed by atoms with Crippen LogP contribution in [-0.4, -0.2) is 47.8 Å². The lowest BCUT2D eigenvalue weighted by Crippen LogP contribution is -2.50. The third kappa shape index (κ3) is 3.92. The number of pyridine rings is 1. The quantitative estimate of drug-likeness (QED) is 0.511. The van der Waals surface area contributed by atoms with E-state index in [0.717, 1.165) is 26.6 Å². The number of nitrogens with zero attached hydrogens (tertiary/aromatic N) is 3. The fourth-order valence-corrected chi connectivity index (χ4v) is 3.72. The maximum atomic E-state index is 12.8. The van der Waals surface area contributed by atoms with E-state index in [9.17, 15) is 14.8 Å². The van der Waals surface area contributed by atoms with Gasteiger partial charge in [0.25, 0.3) is 5.91 Å². The van der Waals surface area contributed by atoms with Crippen LogP contribution in [0.15, 0.2) is 60.9 Å². The van der Waals surface area contributed by atoms with E-state index in [0.29, 0.717) is 38.2 Å². The van der Waals surface area contributed by atoms with Crippen molar-refractivity contribution in [3.8, 4) is 11.1 Å². The summed E-state index contributed by atoms with van der Waals surface area (Å²) in [5, 5.41) is 13.3. The zero-order valence-electron chi connectivity index (χ0n) is 16.4. The van der Waals surface area contributed by atoms with Crippen molar-refractivity contribution in [2.24, 2.45) is 0 Å². The van der Waals surface area contributed by atoms with E-state index >= 15 is 0 Å². The highest BCUT2D eigenvalue weighted by Crippen LogP contribution is 2.24. The number of carbonyl (C=O) groups excluding carboxylic acids is 2. The van der Waals surface area contributed by atoms with Crippen LogP contribution in [0.3, 0.4) is 0 Å². The first kappa shape index (κ1) is 18.9. The Balaban J connectivity index is 1.47. The van der Waals surface area contributed by atoms with Gasteiger partial charge in [-0.3, -0.25) is 9.59 Å². The molecule has 1 aliphatic heterocycles. The summed E-state index contributed by atoms with van der Waals surface area (Å²) in [6, 6.07) is 15.3. The van der Waals surface area contributed by atoms with Crippen LogP contribution in [-0.2, 0) is 4.79 Å². The van der Waals surface area contributed by atoms with Crippen LogP contribution in [0.4, 0.5) is 0 Å². The molecule has 1 aliphatic rings. The molecule has 6 nitrogen and oxygen atoms in total. The summed E-state index contributed by atoms with van der Waals surface area (Å²) in [6.45, 7) is 4.18. The van der Waals surface area contributed by atoms with Gasteiger partial charge < -0.3 is 15.0 Å². The first-order chi connectivity index (χ1) is 14.0. The molecule has 2 aromatic carbocycles. The Labute approximate surface area is 169 Å². The van der Waals surface area contributed by atoms with Crippen molar-refractivity contribution < 1.29 is 14.3 Å². The third-order valence-electron chi connectivity index (χ3n) is 5.44. The molecule has 4 rings (SSSR count). The van der Waals surface area contributed by atoms with Gasteiger partial charge in [-0.1, -0.05) is 25.1 Å². The highest BCUT2D eigenvalue weighted by Gasteiger charge is 2.24. The summed E-state index contributed by atoms with van der Waals surface area (Å²) in [6.07, 6.45) is 3.54. The standard InChI is InChI=1S/C23H23N3O3/c1-2-22(27)24-11-13-25(14-12-24)23(28)18-5-3-17(4-6-18)19-7-8-21-16-26(29)10-9-20(21)15-19/h3-10,15-16H,2,11-14H2,1H3. The van der Waals surface area contributed by atoms with Gasteiger partial charge in [-0.05, 0) is 40.8 Å². The Morgan fingerprint density at radius 3 is 2.24 bits per heavy atom. The van der Waals surface area contributed by atoms with Gasteiger partial charge in [0.1, 0.15) is 0 Å². The van der Waals surface area contributed by atoms with Crippen LogP contribution in [0, 0.1) is 5.21 Å². The maximum absolute atomic E-state index is 12.8. The minimum Gasteiger partial charge on any atom is -0.619 e. The SMILES string of the molecule is CCC(=O)N1CCN(C(=O)c2ccc(-c3ccc4c[n+]([O-])ccc4c3)cc2)CC1. The van der Waals surface area contributed by atoms with E-state index in [4.69, 9.17) is 0 Å². The van der Waals surface area contributed by atoms with Gasteiger partial charge in [0.2, 0.25) is 5.91 Å². The Morgan fingerprint density at radius 2 is 1.55 bits per heavy atom. The third-order valence-corrected chi connectivity index (χ3v) is 5.44. The molecule has 0 aliphatic carbocycles. The van der Waals surface area contributed by atoms with Crippen molar-refractivity contribution >= 4 is 22.6 Å². The van der Waals surface area contributed by atoms with E-state index < -0.39 is 0 Å². The summed E-state index contributed by atoms with van der Waals surface area (Å²) in [5.74, 6) is 0.139. The predicted octanol–water partition coefficient (Wildman–Crippen LogP) is 2.83. The van der Waals surface area contributed by atoms with Gasteiger partial charge in [-0.25, -0.2) is 0 Å². The van der Waals surface area contributed by atoms with Gasteiger partial charge in [0, 0.05) is 49.6 Å². The zero-order valence-corrected chi connectivity index (χ0v) is 16.4. The summed E-state index contributed by atoms with van der Waals surface area (Å²) in [4.78, 5) is 28.2. The van der Waals surface area contributed by atoms with E-state index in [1.807, 2.05) is 59.2 Å². The number of hydrogen-bond donors (Lipinski definition) is 0. The molecule has 148 valence electrons. The molecule has 0 unspecified atom stereocenters. The first-order valence-electron chi connectivity index (χ1n) is 9.85. The predicted molar refractivity (Wildman–Crippen MR) is 111 cm³/mol. The molecule has 2 amide bonds. The van der Waals surface area contributed by atoms with Gasteiger partial charge in [-0.15, -0.1) is 0 Å². The van der Waals surface area contributed by atoms with Gasteiger partial charge in [0.05, 0.1) is 0 Å². The molecule has 1 aromatic heterocycles. The lowest BCUT2D eigenvalue weighted by Gasteiger charge is -2.34. The Kier molecular flexibility index (Phi) is 5.16. The summed E-state index contributed by atoms with van der Waals surface area (Å²) in [5.41, 5.74) is 2.70. The molecular formula is C23H23N3O3. The Hall–Kier alpha value is -3.41. The second-order valence-electron chi connectivity index (χ2n) is 7.25. The molecule has 0 N–H and O–H groups in total. The van der Waals surface area contributed by atoms with Crippen molar-refractivity contribution in [1.82, 2.24) is 9.80 Å². The van der Waals surface area contributed by atoms with E-state index in [1.54, 1.807) is 12.3 Å². The molecular weight excluding hydrogens is 366 g/mol. The molecule has 3 aromatic rings. The molecule has 1 saturated heterocycles. The Bertz CT molecular complexity index is 1050. The van der Waals surface area contributed by atoms with Gasteiger partial charge in [0.15, 0.2) is 12.4 Å². The van der Waals surface area contributed by atoms with E-state index in [1.165, 1.54) is 6.20 Å². The van der Waals surface area contributed by atoms with Crippen molar-refractivity contribution in [3.05, 3.63) is 71.7 Å². The number of piperazine rings is 1. The topological polar surface area (TPSA) is 67.6 Å². The van der Waals surface area contributed by atoms with Crippen LogP contribution >= 0.6 is 0 Å². The van der Waals surface area contributed by atoms with Crippen molar-refractivity contribution in [2.75, 3.05) is 26.2 Å². The number of hydrogen-bond acceptors (Lipinski definition) is 3. The van der Waals surface area contributed by atoms with Crippen LogP contribution in [0.1, 0.15) is 23.7 Å². The number of carbonyl (C=O) groups is 2. The second kappa shape index (κ2) is 7.91. The summed E-state index contributed by atoms with van der Waals surface area (Å²) >= 11 is 0. The number of rotatable bonds is 3. The monoisotopic (exact) mass is 389 g/mol. The van der Waals surface area contributed by atoms with Crippen molar-refractivity contribution in [2.45, 2.75) is 13.3 Å². The average molecular weight is 389 g/mol. The molecule has 0 saturated carbocycles. The van der Waals surface area contributed by atoms with E-state index in [2.05, 4.69) is 0 Å².